The van der Waals surface area contributed by atoms with Gasteiger partial charge in [0, 0.05) is 6.42 Å². The Kier molecular flexibility index (Phi) is 6.73. The Balaban J connectivity index is 3.83. The van der Waals surface area contributed by atoms with Gasteiger partial charge in [0.25, 0.3) is 0 Å². The van der Waals surface area contributed by atoms with Crippen molar-refractivity contribution in [2.75, 3.05) is 0 Å². The fourth-order valence-electron chi connectivity index (χ4n) is 0.849. The maximum absolute atomic E-state index is 3.85. The van der Waals surface area contributed by atoms with Gasteiger partial charge in [-0.2, -0.15) is 0 Å². The van der Waals surface area contributed by atoms with E-state index in [9.17, 15) is 0 Å². The van der Waals surface area contributed by atoms with Crippen LogP contribution in [0.4, 0.5) is 0 Å². The van der Waals surface area contributed by atoms with E-state index in [1.54, 1.807) is 0 Å². The van der Waals surface area contributed by atoms with E-state index in [4.69, 9.17) is 0 Å². The molecule has 0 aliphatic heterocycles. The average molecular weight is 174 g/mol. The molecule has 0 aliphatic rings. The van der Waals surface area contributed by atoms with Crippen LogP contribution < -0.4 is 0 Å². The molecule has 0 rings (SSSR count). The van der Waals surface area contributed by atoms with Crippen molar-refractivity contribution in [2.24, 2.45) is 0 Å². The molecule has 0 amide bonds. The molecule has 0 nitrogen and oxygen atoms in total. The first-order valence-corrected chi connectivity index (χ1v) is 4.57. The van der Waals surface area contributed by atoms with E-state index in [1.807, 2.05) is 19.9 Å². The molecule has 0 spiro atoms. The third-order valence-electron chi connectivity index (χ3n) is 1.55. The summed E-state index contributed by atoms with van der Waals surface area (Å²) in [6.45, 7) is 11.5. The molecular formula is C13H18. The highest BCUT2D eigenvalue weighted by Crippen LogP contribution is 2.03. The SMILES string of the molecule is C=CCC#C/C(C)=C/CCC(=C)C. The first kappa shape index (κ1) is 11.8. The van der Waals surface area contributed by atoms with Crippen molar-refractivity contribution in [3.05, 3.63) is 36.5 Å². The number of hydrogen-bond acceptors (Lipinski definition) is 0. The summed E-state index contributed by atoms with van der Waals surface area (Å²) in [6.07, 6.45) is 6.84. The van der Waals surface area contributed by atoms with Crippen LogP contribution in [0.1, 0.15) is 33.1 Å². The molecule has 70 valence electrons. The summed E-state index contributed by atoms with van der Waals surface area (Å²) in [5.41, 5.74) is 2.37. The summed E-state index contributed by atoms with van der Waals surface area (Å²) >= 11 is 0. The van der Waals surface area contributed by atoms with Crippen LogP contribution in [0.3, 0.4) is 0 Å². The van der Waals surface area contributed by atoms with E-state index in [0.717, 1.165) is 24.8 Å². The quantitative estimate of drug-likeness (QED) is 0.448. The highest BCUT2D eigenvalue weighted by Gasteiger charge is 1.84. The Morgan fingerprint density at radius 1 is 1.38 bits per heavy atom. The average Bonchev–Trinajstić information content (AvgIpc) is 2.04. The van der Waals surface area contributed by atoms with Gasteiger partial charge in [-0.3, -0.25) is 0 Å². The lowest BCUT2D eigenvalue weighted by Crippen LogP contribution is -1.74. The summed E-state index contributed by atoms with van der Waals surface area (Å²) in [5, 5.41) is 0. The van der Waals surface area contributed by atoms with Crippen molar-refractivity contribution in [3.8, 4) is 11.8 Å². The van der Waals surface area contributed by atoms with Crippen molar-refractivity contribution in [3.63, 3.8) is 0 Å². The van der Waals surface area contributed by atoms with E-state index in [1.165, 1.54) is 5.57 Å². The van der Waals surface area contributed by atoms with E-state index >= 15 is 0 Å². The van der Waals surface area contributed by atoms with E-state index in [0.29, 0.717) is 0 Å². The summed E-state index contributed by atoms with van der Waals surface area (Å²) in [6, 6.07) is 0. The zero-order valence-corrected chi connectivity index (χ0v) is 8.69. The van der Waals surface area contributed by atoms with Crippen LogP contribution >= 0.6 is 0 Å². The van der Waals surface area contributed by atoms with Crippen LogP contribution in [-0.4, -0.2) is 0 Å². The summed E-state index contributed by atoms with van der Waals surface area (Å²) in [4.78, 5) is 0. The van der Waals surface area contributed by atoms with Crippen molar-refractivity contribution < 1.29 is 0 Å². The molecule has 0 radical (unpaired) electrons. The molecule has 0 aromatic rings. The lowest BCUT2D eigenvalue weighted by molar-refractivity contribution is 0.978. The highest BCUT2D eigenvalue weighted by atomic mass is 13.9. The second-order valence-corrected chi connectivity index (χ2v) is 3.18. The smallest absolute Gasteiger partial charge is 0.0270 e. The lowest BCUT2D eigenvalue weighted by Gasteiger charge is -1.93. The molecule has 0 atom stereocenters. The Hall–Kier alpha value is -1.22. The fraction of sp³-hybridized carbons (Fsp3) is 0.385. The summed E-state index contributed by atoms with van der Waals surface area (Å²) < 4.78 is 0. The van der Waals surface area contributed by atoms with Crippen LogP contribution in [0, 0.1) is 11.8 Å². The second kappa shape index (κ2) is 7.43. The Morgan fingerprint density at radius 3 is 2.62 bits per heavy atom. The number of rotatable bonds is 4. The van der Waals surface area contributed by atoms with Gasteiger partial charge < -0.3 is 0 Å². The van der Waals surface area contributed by atoms with Crippen molar-refractivity contribution >= 4 is 0 Å². The third kappa shape index (κ3) is 8.69. The molecule has 13 heavy (non-hydrogen) atoms. The molecular weight excluding hydrogens is 156 g/mol. The molecule has 0 N–H and O–H groups in total. The molecule has 0 saturated heterocycles. The van der Waals surface area contributed by atoms with Crippen LogP contribution in [0.15, 0.2) is 36.5 Å². The molecule has 0 heteroatoms. The van der Waals surface area contributed by atoms with Crippen molar-refractivity contribution in [1.82, 2.24) is 0 Å². The third-order valence-corrected chi connectivity index (χ3v) is 1.55. The predicted octanol–water partition coefficient (Wildman–Crippen LogP) is 3.87. The molecule has 0 aromatic heterocycles. The minimum atomic E-state index is 0.770. The van der Waals surface area contributed by atoms with E-state index in [2.05, 4.69) is 31.1 Å². The minimum absolute atomic E-state index is 0.770. The molecule has 0 aromatic carbocycles. The summed E-state index contributed by atoms with van der Waals surface area (Å²) in [5.74, 6) is 6.08. The van der Waals surface area contributed by atoms with Gasteiger partial charge in [0.05, 0.1) is 0 Å². The van der Waals surface area contributed by atoms with Gasteiger partial charge in [-0.15, -0.1) is 13.2 Å². The molecule has 0 aliphatic carbocycles. The monoisotopic (exact) mass is 174 g/mol. The maximum Gasteiger partial charge on any atom is 0.0270 e. The fourth-order valence-corrected chi connectivity index (χ4v) is 0.849. The predicted molar refractivity (Wildman–Crippen MR) is 60.4 cm³/mol. The van der Waals surface area contributed by atoms with Crippen LogP contribution in [-0.2, 0) is 0 Å². The topological polar surface area (TPSA) is 0 Å². The Morgan fingerprint density at radius 2 is 2.08 bits per heavy atom. The maximum atomic E-state index is 3.85. The van der Waals surface area contributed by atoms with Crippen molar-refractivity contribution in [2.45, 2.75) is 33.1 Å². The first-order valence-electron chi connectivity index (χ1n) is 4.57. The van der Waals surface area contributed by atoms with Gasteiger partial charge in [-0.1, -0.05) is 29.6 Å². The lowest BCUT2D eigenvalue weighted by atomic mass is 10.1. The minimum Gasteiger partial charge on any atom is -0.102 e. The van der Waals surface area contributed by atoms with E-state index < -0.39 is 0 Å². The molecule has 0 saturated carbocycles. The van der Waals surface area contributed by atoms with Crippen LogP contribution in [0.25, 0.3) is 0 Å². The Labute approximate surface area is 82.0 Å². The van der Waals surface area contributed by atoms with Crippen LogP contribution in [0.2, 0.25) is 0 Å². The normalized spacial score (nSPS) is 10.2. The second-order valence-electron chi connectivity index (χ2n) is 3.18. The Bertz CT molecular complexity index is 255. The largest absolute Gasteiger partial charge is 0.102 e. The van der Waals surface area contributed by atoms with Gasteiger partial charge in [0.2, 0.25) is 0 Å². The summed E-state index contributed by atoms with van der Waals surface area (Å²) in [7, 11) is 0. The van der Waals surface area contributed by atoms with Crippen molar-refractivity contribution in [1.29, 1.82) is 0 Å². The van der Waals surface area contributed by atoms with E-state index in [-0.39, 0.29) is 0 Å². The van der Waals surface area contributed by atoms with Gasteiger partial charge in [0.1, 0.15) is 0 Å². The van der Waals surface area contributed by atoms with Gasteiger partial charge in [-0.25, -0.2) is 0 Å². The zero-order valence-electron chi connectivity index (χ0n) is 8.69. The van der Waals surface area contributed by atoms with Gasteiger partial charge >= 0.3 is 0 Å². The number of hydrogen-bond donors (Lipinski definition) is 0. The zero-order chi connectivity index (χ0) is 10.1. The highest BCUT2D eigenvalue weighted by molar-refractivity contribution is 5.27. The molecule has 0 fully saturated rings. The molecule has 0 bridgehead atoms. The van der Waals surface area contributed by atoms with Gasteiger partial charge in [0.15, 0.2) is 0 Å². The van der Waals surface area contributed by atoms with Gasteiger partial charge in [-0.05, 0) is 32.3 Å². The standard InChI is InChI=1S/C13H18/c1-5-6-7-10-13(4)11-8-9-12(2)3/h5,11H,1-2,6,8-9H2,3-4H3/b13-11+. The first-order chi connectivity index (χ1) is 6.16. The molecule has 0 heterocycles. The number of allylic oxidation sites excluding steroid dienone is 4. The molecule has 0 unspecified atom stereocenters. The van der Waals surface area contributed by atoms with Crippen LogP contribution in [0.5, 0.6) is 0 Å².